The van der Waals surface area contributed by atoms with Crippen LogP contribution in [0.25, 0.3) is 5.76 Å². The number of nitrogens with zero attached hydrogens (tertiary/aromatic N) is 1. The van der Waals surface area contributed by atoms with Crippen molar-refractivity contribution in [3.05, 3.63) is 88.3 Å². The lowest BCUT2D eigenvalue weighted by Gasteiger charge is -2.24. The number of amides is 1. The number of anilines is 1. The zero-order valence-electron chi connectivity index (χ0n) is 15.9. The van der Waals surface area contributed by atoms with Gasteiger partial charge in [0.05, 0.1) is 30.2 Å². The first-order valence-electron chi connectivity index (χ1n) is 8.97. The molecule has 9 heteroatoms. The number of hydrogen-bond acceptors (Lipinski definition) is 5. The van der Waals surface area contributed by atoms with Gasteiger partial charge in [0, 0.05) is 11.1 Å². The number of carbonyl (C=O) groups excluding carboxylic acids is 2. The summed E-state index contributed by atoms with van der Waals surface area (Å²) in [6, 6.07) is 8.44. The number of Topliss-reactive ketones (excluding diaryl/α,β-unsaturated/α-hetero) is 1. The highest BCUT2D eigenvalue weighted by Gasteiger charge is 2.49. The Bertz CT molecular complexity index is 1220. The summed E-state index contributed by atoms with van der Waals surface area (Å²) in [5.74, 6) is -4.36. The van der Waals surface area contributed by atoms with Gasteiger partial charge in [-0.2, -0.15) is 0 Å². The summed E-state index contributed by atoms with van der Waals surface area (Å²) < 4.78 is 39.0. The van der Waals surface area contributed by atoms with Crippen LogP contribution >= 0.6 is 11.6 Å². The van der Waals surface area contributed by atoms with Crippen LogP contribution in [0.4, 0.5) is 14.5 Å². The molecule has 1 fully saturated rings. The summed E-state index contributed by atoms with van der Waals surface area (Å²) in [7, 11) is 1.35. The van der Waals surface area contributed by atoms with E-state index in [9.17, 15) is 23.5 Å². The van der Waals surface area contributed by atoms with Crippen LogP contribution in [0.3, 0.4) is 0 Å². The van der Waals surface area contributed by atoms with E-state index in [2.05, 4.69) is 0 Å². The molecule has 0 saturated carbocycles. The molecule has 1 N–H and O–H groups in total. The molecule has 6 nitrogen and oxygen atoms in total. The SMILES string of the molecule is COc1ccc(Cl)cc1/C(O)=C1/C(=O)C(=O)N(c2cc(F)ccc2F)C1c1ccco1. The second kappa shape index (κ2) is 7.88. The average Bonchev–Trinajstić information content (AvgIpc) is 3.36. The Morgan fingerprint density at radius 1 is 1.16 bits per heavy atom. The predicted octanol–water partition coefficient (Wildman–Crippen LogP) is 4.85. The van der Waals surface area contributed by atoms with Crippen LogP contribution in [0.15, 0.2) is 64.8 Å². The molecule has 2 aromatic carbocycles. The van der Waals surface area contributed by atoms with Gasteiger partial charge in [-0.25, -0.2) is 8.78 Å². The number of methoxy groups -OCH3 is 1. The number of halogens is 3. The van der Waals surface area contributed by atoms with Crippen molar-refractivity contribution >= 4 is 34.7 Å². The maximum absolute atomic E-state index is 14.5. The van der Waals surface area contributed by atoms with Crippen LogP contribution in [-0.2, 0) is 9.59 Å². The van der Waals surface area contributed by atoms with Gasteiger partial charge in [0.2, 0.25) is 0 Å². The highest BCUT2D eigenvalue weighted by Crippen LogP contribution is 2.44. The Balaban J connectivity index is 1.99. The standard InChI is InChI=1S/C22H14ClF2NO5/c1-30-16-7-4-11(23)9-13(16)20(27)18-19(17-3-2-8-31-17)26(22(29)21(18)28)15-10-12(24)5-6-14(15)25/h2-10,19,27H,1H3/b20-18-. The van der Waals surface area contributed by atoms with Crippen LogP contribution in [0.1, 0.15) is 17.4 Å². The molecule has 1 unspecified atom stereocenters. The maximum Gasteiger partial charge on any atom is 0.300 e. The van der Waals surface area contributed by atoms with Crippen molar-refractivity contribution in [2.24, 2.45) is 0 Å². The van der Waals surface area contributed by atoms with Gasteiger partial charge in [-0.1, -0.05) is 11.6 Å². The smallest absolute Gasteiger partial charge is 0.300 e. The Morgan fingerprint density at radius 2 is 1.94 bits per heavy atom. The Morgan fingerprint density at radius 3 is 2.61 bits per heavy atom. The van der Waals surface area contributed by atoms with E-state index in [0.29, 0.717) is 0 Å². The number of hydrogen-bond donors (Lipinski definition) is 1. The minimum atomic E-state index is -1.35. The molecule has 0 spiro atoms. The normalized spacial score (nSPS) is 17.9. The largest absolute Gasteiger partial charge is 0.507 e. The van der Waals surface area contributed by atoms with Crippen LogP contribution in [0, 0.1) is 11.6 Å². The fraction of sp³-hybridized carbons (Fsp3) is 0.0909. The predicted molar refractivity (Wildman–Crippen MR) is 108 cm³/mol. The molecule has 0 bridgehead atoms. The number of aliphatic hydroxyl groups is 1. The van der Waals surface area contributed by atoms with E-state index in [1.807, 2.05) is 0 Å². The van der Waals surface area contributed by atoms with Crippen LogP contribution in [-0.4, -0.2) is 23.9 Å². The second-order valence-electron chi connectivity index (χ2n) is 6.62. The molecule has 1 atom stereocenters. The molecule has 1 aliphatic rings. The third-order valence-electron chi connectivity index (χ3n) is 4.84. The summed E-state index contributed by atoms with van der Waals surface area (Å²) in [6.07, 6.45) is 1.29. The van der Waals surface area contributed by atoms with Crippen molar-refractivity contribution in [3.8, 4) is 5.75 Å². The summed E-state index contributed by atoms with van der Waals surface area (Å²) in [4.78, 5) is 26.6. The molecule has 1 amide bonds. The van der Waals surface area contributed by atoms with E-state index in [-0.39, 0.29) is 27.7 Å². The molecule has 4 rings (SSSR count). The van der Waals surface area contributed by atoms with Crippen LogP contribution in [0.2, 0.25) is 5.02 Å². The van der Waals surface area contributed by atoms with Gasteiger partial charge in [-0.15, -0.1) is 0 Å². The van der Waals surface area contributed by atoms with Crippen LogP contribution < -0.4 is 9.64 Å². The monoisotopic (exact) mass is 445 g/mol. The lowest BCUT2D eigenvalue weighted by Crippen LogP contribution is -2.30. The lowest BCUT2D eigenvalue weighted by molar-refractivity contribution is -0.132. The van der Waals surface area contributed by atoms with Gasteiger partial charge < -0.3 is 14.3 Å². The van der Waals surface area contributed by atoms with Gasteiger partial charge >= 0.3 is 0 Å². The minimum absolute atomic E-state index is 0.0456. The molecule has 31 heavy (non-hydrogen) atoms. The Kier molecular flexibility index (Phi) is 5.24. The molecule has 1 aromatic heterocycles. The number of ether oxygens (including phenoxy) is 1. The van der Waals surface area contributed by atoms with E-state index in [4.69, 9.17) is 20.8 Å². The first-order valence-corrected chi connectivity index (χ1v) is 9.34. The quantitative estimate of drug-likeness (QED) is 0.353. The van der Waals surface area contributed by atoms with E-state index < -0.39 is 40.8 Å². The molecule has 1 aliphatic heterocycles. The number of aliphatic hydroxyl groups excluding tert-OH is 1. The second-order valence-corrected chi connectivity index (χ2v) is 7.06. The van der Waals surface area contributed by atoms with E-state index in [0.717, 1.165) is 23.1 Å². The van der Waals surface area contributed by atoms with Gasteiger partial charge in [0.15, 0.2) is 0 Å². The Hall–Kier alpha value is -3.65. The molecular weight excluding hydrogens is 432 g/mol. The molecule has 1 saturated heterocycles. The summed E-state index contributed by atoms with van der Waals surface area (Å²) in [6.45, 7) is 0. The van der Waals surface area contributed by atoms with Crippen molar-refractivity contribution < 1.29 is 32.6 Å². The number of carbonyl (C=O) groups is 2. The first kappa shape index (κ1) is 20.6. The summed E-state index contributed by atoms with van der Waals surface area (Å²) in [5, 5.41) is 11.3. The van der Waals surface area contributed by atoms with E-state index in [1.54, 1.807) is 0 Å². The maximum atomic E-state index is 14.5. The van der Waals surface area contributed by atoms with Crippen molar-refractivity contribution in [2.75, 3.05) is 12.0 Å². The van der Waals surface area contributed by atoms with Gasteiger partial charge in [-0.05, 0) is 42.5 Å². The van der Waals surface area contributed by atoms with Crippen molar-refractivity contribution in [1.82, 2.24) is 0 Å². The van der Waals surface area contributed by atoms with E-state index >= 15 is 0 Å². The molecule has 3 aromatic rings. The van der Waals surface area contributed by atoms with Gasteiger partial charge in [0.25, 0.3) is 11.7 Å². The number of rotatable bonds is 4. The molecular formula is C22H14ClF2NO5. The fourth-order valence-corrected chi connectivity index (χ4v) is 3.65. The number of furan rings is 1. The third-order valence-corrected chi connectivity index (χ3v) is 5.08. The molecule has 0 aliphatic carbocycles. The van der Waals surface area contributed by atoms with Gasteiger partial charge in [0.1, 0.15) is 34.9 Å². The van der Waals surface area contributed by atoms with Crippen molar-refractivity contribution in [2.45, 2.75) is 6.04 Å². The van der Waals surface area contributed by atoms with Crippen molar-refractivity contribution in [1.29, 1.82) is 0 Å². The lowest BCUT2D eigenvalue weighted by atomic mass is 9.98. The summed E-state index contributed by atoms with van der Waals surface area (Å²) >= 11 is 6.03. The number of ketones is 1. The Labute approximate surface area is 179 Å². The first-order chi connectivity index (χ1) is 14.8. The highest BCUT2D eigenvalue weighted by atomic mass is 35.5. The van der Waals surface area contributed by atoms with Crippen molar-refractivity contribution in [3.63, 3.8) is 0 Å². The number of benzene rings is 2. The zero-order chi connectivity index (χ0) is 22.3. The summed E-state index contributed by atoms with van der Waals surface area (Å²) in [5.41, 5.74) is -0.811. The van der Waals surface area contributed by atoms with Gasteiger partial charge in [-0.3, -0.25) is 14.5 Å². The topological polar surface area (TPSA) is 80.0 Å². The average molecular weight is 446 g/mol. The minimum Gasteiger partial charge on any atom is -0.507 e. The molecule has 158 valence electrons. The third kappa shape index (κ3) is 3.44. The van der Waals surface area contributed by atoms with E-state index in [1.165, 1.54) is 43.7 Å². The van der Waals surface area contributed by atoms with Crippen LogP contribution in [0.5, 0.6) is 5.75 Å². The molecule has 2 heterocycles. The zero-order valence-corrected chi connectivity index (χ0v) is 16.7. The molecule has 0 radical (unpaired) electrons. The fourth-order valence-electron chi connectivity index (χ4n) is 3.48. The highest BCUT2D eigenvalue weighted by molar-refractivity contribution is 6.51.